The second-order valence-corrected chi connectivity index (χ2v) is 7.97. The van der Waals surface area contributed by atoms with Crippen LogP contribution in [0.15, 0.2) is 46.6 Å². The number of hydrogen-bond acceptors (Lipinski definition) is 4. The van der Waals surface area contributed by atoms with Crippen LogP contribution < -0.4 is 5.73 Å². The van der Waals surface area contributed by atoms with Gasteiger partial charge in [-0.2, -0.15) is 0 Å². The van der Waals surface area contributed by atoms with Crippen molar-refractivity contribution in [1.29, 1.82) is 0 Å². The number of nitrogens with zero attached hydrogens (tertiary/aromatic N) is 2. The van der Waals surface area contributed by atoms with E-state index >= 15 is 0 Å². The van der Waals surface area contributed by atoms with Gasteiger partial charge < -0.3 is 10.8 Å². The number of nitrogens with two attached hydrogens (primary N) is 1. The van der Waals surface area contributed by atoms with E-state index in [1.54, 1.807) is 12.1 Å². The molecule has 0 saturated carbocycles. The van der Waals surface area contributed by atoms with Crippen molar-refractivity contribution in [1.82, 2.24) is 0 Å². The number of para-hydroxylation sites is 1. The quantitative estimate of drug-likeness (QED) is 0.496. The summed E-state index contributed by atoms with van der Waals surface area (Å²) in [5.41, 5.74) is 9.57. The molecule has 4 heteroatoms. The van der Waals surface area contributed by atoms with Crippen molar-refractivity contribution in [3.05, 3.63) is 47.5 Å². The van der Waals surface area contributed by atoms with Gasteiger partial charge in [-0.15, -0.1) is 10.2 Å². The Hall–Kier alpha value is -2.36. The largest absolute Gasteiger partial charge is 0.505 e. The van der Waals surface area contributed by atoms with Gasteiger partial charge in [0.25, 0.3) is 0 Å². The Morgan fingerprint density at radius 1 is 0.960 bits per heavy atom. The highest BCUT2D eigenvalue weighted by Gasteiger charge is 2.22. The predicted molar refractivity (Wildman–Crippen MR) is 105 cm³/mol. The molecule has 134 valence electrons. The van der Waals surface area contributed by atoms with E-state index in [4.69, 9.17) is 5.73 Å². The van der Waals surface area contributed by atoms with Gasteiger partial charge in [0.2, 0.25) is 0 Å². The first-order valence-corrected chi connectivity index (χ1v) is 8.75. The van der Waals surface area contributed by atoms with Gasteiger partial charge in [-0.05, 0) is 46.6 Å². The second kappa shape index (κ2) is 7.26. The summed E-state index contributed by atoms with van der Waals surface area (Å²) in [6, 6.07) is 11.3. The molecular formula is C21H29N3O. The van der Waals surface area contributed by atoms with Gasteiger partial charge in [0.05, 0.1) is 5.69 Å². The van der Waals surface area contributed by atoms with E-state index in [9.17, 15) is 5.11 Å². The zero-order chi connectivity index (χ0) is 18.8. The molecule has 1 unspecified atom stereocenters. The highest BCUT2D eigenvalue weighted by Crippen LogP contribution is 2.42. The summed E-state index contributed by atoms with van der Waals surface area (Å²) in [7, 11) is 0. The lowest BCUT2D eigenvalue weighted by Crippen LogP contribution is -2.13. The van der Waals surface area contributed by atoms with Crippen molar-refractivity contribution in [3.8, 4) is 5.75 Å². The fourth-order valence-electron chi connectivity index (χ4n) is 2.54. The lowest BCUT2D eigenvalue weighted by molar-refractivity contribution is 0.445. The number of aromatic hydroxyl groups is 1. The molecule has 0 aliphatic heterocycles. The SMILES string of the molecule is CC(C)C(C)c1cc(C(C)(C)C)cc(N=Nc2ccccc2N)c1O. The Morgan fingerprint density at radius 2 is 1.56 bits per heavy atom. The van der Waals surface area contributed by atoms with Crippen LogP contribution >= 0.6 is 0 Å². The number of azo groups is 1. The lowest BCUT2D eigenvalue weighted by Gasteiger charge is -2.24. The van der Waals surface area contributed by atoms with E-state index in [1.165, 1.54) is 0 Å². The number of phenolic OH excluding ortho intramolecular Hbond substituents is 1. The van der Waals surface area contributed by atoms with Crippen LogP contribution in [0.25, 0.3) is 0 Å². The minimum Gasteiger partial charge on any atom is -0.505 e. The van der Waals surface area contributed by atoms with Gasteiger partial charge in [0, 0.05) is 0 Å². The summed E-state index contributed by atoms with van der Waals surface area (Å²) >= 11 is 0. The molecule has 0 fully saturated rings. The molecule has 25 heavy (non-hydrogen) atoms. The fourth-order valence-corrected chi connectivity index (χ4v) is 2.54. The topological polar surface area (TPSA) is 71.0 Å². The first kappa shape index (κ1) is 19.0. The number of benzene rings is 2. The third-order valence-electron chi connectivity index (χ3n) is 4.68. The smallest absolute Gasteiger partial charge is 0.146 e. The Bertz CT molecular complexity index is 773. The van der Waals surface area contributed by atoms with E-state index in [-0.39, 0.29) is 17.1 Å². The van der Waals surface area contributed by atoms with Gasteiger partial charge in [0.15, 0.2) is 0 Å². The molecule has 2 aromatic rings. The molecule has 2 aromatic carbocycles. The standard InChI is InChI=1S/C21H29N3O/c1-13(2)14(3)16-11-15(21(4,5)6)12-19(20(16)25)24-23-18-10-8-7-9-17(18)22/h7-14,25H,22H2,1-6H3. The zero-order valence-corrected chi connectivity index (χ0v) is 16.0. The van der Waals surface area contributed by atoms with Crippen LogP contribution in [0.5, 0.6) is 5.75 Å². The maximum Gasteiger partial charge on any atom is 0.146 e. The summed E-state index contributed by atoms with van der Waals surface area (Å²) in [6.45, 7) is 12.9. The van der Waals surface area contributed by atoms with Crippen LogP contribution in [0.3, 0.4) is 0 Å². The molecule has 3 N–H and O–H groups in total. The van der Waals surface area contributed by atoms with Crippen molar-refractivity contribution in [2.45, 2.75) is 52.9 Å². The minimum absolute atomic E-state index is 0.0464. The van der Waals surface area contributed by atoms with Crippen molar-refractivity contribution >= 4 is 17.1 Å². The molecule has 0 aromatic heterocycles. The van der Waals surface area contributed by atoms with Crippen LogP contribution in [-0.2, 0) is 5.41 Å². The van der Waals surface area contributed by atoms with Crippen LogP contribution in [0.2, 0.25) is 0 Å². The van der Waals surface area contributed by atoms with Gasteiger partial charge in [-0.1, -0.05) is 59.7 Å². The molecule has 0 bridgehead atoms. The van der Waals surface area contributed by atoms with E-state index < -0.39 is 0 Å². The molecule has 1 atom stereocenters. The van der Waals surface area contributed by atoms with E-state index in [0.29, 0.717) is 23.0 Å². The van der Waals surface area contributed by atoms with Crippen LogP contribution in [0, 0.1) is 5.92 Å². The molecule has 0 heterocycles. The van der Waals surface area contributed by atoms with Gasteiger partial charge in [-0.25, -0.2) is 0 Å². The first-order valence-electron chi connectivity index (χ1n) is 8.75. The number of nitrogen functional groups attached to an aromatic ring is 1. The molecular weight excluding hydrogens is 310 g/mol. The summed E-state index contributed by atoms with van der Waals surface area (Å²) < 4.78 is 0. The molecule has 0 radical (unpaired) electrons. The molecule has 4 nitrogen and oxygen atoms in total. The average molecular weight is 339 g/mol. The highest BCUT2D eigenvalue weighted by molar-refractivity contribution is 5.63. The second-order valence-electron chi connectivity index (χ2n) is 7.97. The average Bonchev–Trinajstić information content (AvgIpc) is 2.53. The normalized spacial score (nSPS) is 13.6. The summed E-state index contributed by atoms with van der Waals surface area (Å²) in [6.07, 6.45) is 0. The Balaban J connectivity index is 2.56. The summed E-state index contributed by atoms with van der Waals surface area (Å²) in [5.74, 6) is 0.834. The molecule has 0 amide bonds. The maximum atomic E-state index is 10.8. The monoisotopic (exact) mass is 339 g/mol. The first-order chi connectivity index (χ1) is 11.6. The fraction of sp³-hybridized carbons (Fsp3) is 0.429. The van der Waals surface area contributed by atoms with Gasteiger partial charge in [-0.3, -0.25) is 0 Å². The number of phenols is 1. The molecule has 0 aliphatic carbocycles. The van der Waals surface area contributed by atoms with Gasteiger partial charge >= 0.3 is 0 Å². The van der Waals surface area contributed by atoms with Crippen molar-refractivity contribution in [2.75, 3.05) is 5.73 Å². The summed E-state index contributed by atoms with van der Waals surface area (Å²) in [4.78, 5) is 0. The number of hydrogen-bond donors (Lipinski definition) is 2. The van der Waals surface area contributed by atoms with Crippen LogP contribution in [0.4, 0.5) is 17.1 Å². The van der Waals surface area contributed by atoms with E-state index in [2.05, 4.69) is 57.8 Å². The van der Waals surface area contributed by atoms with E-state index in [0.717, 1.165) is 11.1 Å². The minimum atomic E-state index is -0.0464. The third-order valence-corrected chi connectivity index (χ3v) is 4.68. The lowest BCUT2D eigenvalue weighted by atomic mass is 9.82. The van der Waals surface area contributed by atoms with Crippen LogP contribution in [0.1, 0.15) is 58.6 Å². The van der Waals surface area contributed by atoms with Crippen molar-refractivity contribution < 1.29 is 5.11 Å². The van der Waals surface area contributed by atoms with Crippen molar-refractivity contribution in [3.63, 3.8) is 0 Å². The highest BCUT2D eigenvalue weighted by atomic mass is 16.3. The molecule has 0 spiro atoms. The molecule has 0 saturated heterocycles. The van der Waals surface area contributed by atoms with Gasteiger partial charge in [0.1, 0.15) is 17.1 Å². The third kappa shape index (κ3) is 4.38. The predicted octanol–water partition coefficient (Wildman–Crippen LogP) is 6.45. The Labute approximate surface area is 150 Å². The molecule has 2 rings (SSSR count). The van der Waals surface area contributed by atoms with Crippen molar-refractivity contribution in [2.24, 2.45) is 16.1 Å². The Kier molecular flexibility index (Phi) is 5.51. The zero-order valence-electron chi connectivity index (χ0n) is 16.0. The maximum absolute atomic E-state index is 10.8. The number of rotatable bonds is 4. The van der Waals surface area contributed by atoms with Crippen LogP contribution in [-0.4, -0.2) is 5.11 Å². The Morgan fingerprint density at radius 3 is 2.12 bits per heavy atom. The number of anilines is 1. The molecule has 0 aliphatic rings. The summed E-state index contributed by atoms with van der Waals surface area (Å²) in [5, 5.41) is 19.3. The van der Waals surface area contributed by atoms with E-state index in [1.807, 2.05) is 18.2 Å².